The third-order valence-corrected chi connectivity index (χ3v) is 2.82. The summed E-state index contributed by atoms with van der Waals surface area (Å²) >= 11 is 0. The van der Waals surface area contributed by atoms with Gasteiger partial charge in [0.05, 0.1) is 6.61 Å². The molecule has 1 atom stereocenters. The van der Waals surface area contributed by atoms with Crippen molar-refractivity contribution in [1.82, 2.24) is 4.90 Å². The normalized spacial score (nSPS) is 13.1. The molecule has 1 aromatic carbocycles. The third-order valence-electron chi connectivity index (χ3n) is 2.82. The second-order valence-electron chi connectivity index (χ2n) is 4.06. The molecule has 0 radical (unpaired) electrons. The lowest BCUT2D eigenvalue weighted by molar-refractivity contribution is 0.153. The van der Waals surface area contributed by atoms with Gasteiger partial charge < -0.3 is 10.8 Å². The average molecular weight is 226 g/mol. The van der Waals surface area contributed by atoms with E-state index in [1.807, 2.05) is 18.9 Å². The van der Waals surface area contributed by atoms with Crippen LogP contribution in [0.15, 0.2) is 18.2 Å². The zero-order valence-electron chi connectivity index (χ0n) is 9.78. The lowest BCUT2D eigenvalue weighted by atomic mass is 10.1. The highest BCUT2D eigenvalue weighted by Crippen LogP contribution is 2.14. The van der Waals surface area contributed by atoms with E-state index in [-0.39, 0.29) is 18.5 Å². The quantitative estimate of drug-likeness (QED) is 0.790. The zero-order valence-corrected chi connectivity index (χ0v) is 9.78. The van der Waals surface area contributed by atoms with Gasteiger partial charge in [0.1, 0.15) is 5.82 Å². The number of benzene rings is 1. The number of rotatable bonds is 5. The van der Waals surface area contributed by atoms with Crippen LogP contribution in [0.3, 0.4) is 0 Å². The number of likely N-dealkylation sites (N-methyl/N-ethyl adjacent to an activating group) is 1. The first kappa shape index (κ1) is 13.1. The van der Waals surface area contributed by atoms with E-state index >= 15 is 0 Å². The lowest BCUT2D eigenvalue weighted by Crippen LogP contribution is -2.31. The number of nitrogens with two attached hydrogens (primary N) is 1. The van der Waals surface area contributed by atoms with Gasteiger partial charge in [0, 0.05) is 19.1 Å². The van der Waals surface area contributed by atoms with Crippen molar-refractivity contribution in [2.75, 3.05) is 13.7 Å². The first-order valence-corrected chi connectivity index (χ1v) is 5.37. The topological polar surface area (TPSA) is 49.5 Å². The van der Waals surface area contributed by atoms with Gasteiger partial charge in [0.15, 0.2) is 0 Å². The molecule has 1 aromatic rings. The van der Waals surface area contributed by atoms with Gasteiger partial charge in [0.25, 0.3) is 0 Å². The summed E-state index contributed by atoms with van der Waals surface area (Å²) in [6.45, 7) is 2.99. The number of aliphatic hydroxyl groups is 1. The maximum atomic E-state index is 13.1. The Hall–Kier alpha value is -0.970. The summed E-state index contributed by atoms with van der Waals surface area (Å²) in [5.41, 5.74) is 7.42. The molecule has 0 aromatic heterocycles. The smallest absolute Gasteiger partial charge is 0.123 e. The minimum Gasteiger partial charge on any atom is -0.395 e. The molecule has 3 nitrogen and oxygen atoms in total. The Labute approximate surface area is 95.7 Å². The van der Waals surface area contributed by atoms with E-state index in [0.717, 1.165) is 11.1 Å². The minimum atomic E-state index is -0.253. The van der Waals surface area contributed by atoms with Gasteiger partial charge >= 0.3 is 0 Å². The van der Waals surface area contributed by atoms with Crippen molar-refractivity contribution in [2.45, 2.75) is 26.1 Å². The molecule has 0 aliphatic rings. The molecule has 16 heavy (non-hydrogen) atoms. The highest BCUT2D eigenvalue weighted by atomic mass is 19.1. The van der Waals surface area contributed by atoms with Gasteiger partial charge in [-0.05, 0) is 37.2 Å². The molecule has 90 valence electrons. The molecule has 0 amide bonds. The van der Waals surface area contributed by atoms with Crippen molar-refractivity contribution in [3.8, 4) is 0 Å². The molecule has 0 bridgehead atoms. The molecule has 1 unspecified atom stereocenters. The molecule has 0 aliphatic heterocycles. The van der Waals surface area contributed by atoms with Gasteiger partial charge in [-0.3, -0.25) is 4.90 Å². The van der Waals surface area contributed by atoms with Gasteiger partial charge in [0.2, 0.25) is 0 Å². The molecule has 0 aliphatic carbocycles. The third kappa shape index (κ3) is 3.27. The van der Waals surface area contributed by atoms with Crippen molar-refractivity contribution in [3.05, 3.63) is 35.1 Å². The van der Waals surface area contributed by atoms with Gasteiger partial charge in [-0.25, -0.2) is 4.39 Å². The molecule has 0 fully saturated rings. The van der Waals surface area contributed by atoms with E-state index in [0.29, 0.717) is 13.1 Å². The fourth-order valence-electron chi connectivity index (χ4n) is 1.50. The van der Waals surface area contributed by atoms with Crippen LogP contribution >= 0.6 is 0 Å². The van der Waals surface area contributed by atoms with E-state index in [2.05, 4.69) is 0 Å². The van der Waals surface area contributed by atoms with Crippen molar-refractivity contribution in [3.63, 3.8) is 0 Å². The summed E-state index contributed by atoms with van der Waals surface area (Å²) in [4.78, 5) is 1.97. The van der Waals surface area contributed by atoms with Gasteiger partial charge in [-0.2, -0.15) is 0 Å². The van der Waals surface area contributed by atoms with Crippen LogP contribution in [0.25, 0.3) is 0 Å². The fraction of sp³-hybridized carbons (Fsp3) is 0.500. The highest BCUT2D eigenvalue weighted by Gasteiger charge is 2.11. The molecule has 1 rings (SSSR count). The van der Waals surface area contributed by atoms with Crippen LogP contribution in [0.5, 0.6) is 0 Å². The number of nitrogens with zero attached hydrogens (tertiary/aromatic N) is 1. The monoisotopic (exact) mass is 226 g/mol. The number of halogens is 1. The zero-order chi connectivity index (χ0) is 12.1. The SMILES string of the molecule is CC(CO)N(C)Cc1cc(F)ccc1CN. The van der Waals surface area contributed by atoms with Crippen molar-refractivity contribution < 1.29 is 9.50 Å². The highest BCUT2D eigenvalue weighted by molar-refractivity contribution is 5.27. The van der Waals surface area contributed by atoms with Crippen LogP contribution in [0.2, 0.25) is 0 Å². The predicted molar refractivity (Wildman–Crippen MR) is 62.3 cm³/mol. The fourth-order valence-corrected chi connectivity index (χ4v) is 1.50. The Balaban J connectivity index is 2.82. The van der Waals surface area contributed by atoms with Crippen LogP contribution in [-0.2, 0) is 13.1 Å². The van der Waals surface area contributed by atoms with E-state index in [4.69, 9.17) is 10.8 Å². The molecule has 3 N–H and O–H groups in total. The molecular formula is C12H19FN2O. The lowest BCUT2D eigenvalue weighted by Gasteiger charge is -2.23. The maximum Gasteiger partial charge on any atom is 0.123 e. The van der Waals surface area contributed by atoms with E-state index in [1.165, 1.54) is 12.1 Å². The molecule has 0 saturated carbocycles. The van der Waals surface area contributed by atoms with E-state index in [9.17, 15) is 4.39 Å². The molecular weight excluding hydrogens is 207 g/mol. The first-order valence-electron chi connectivity index (χ1n) is 5.37. The van der Waals surface area contributed by atoms with Crippen molar-refractivity contribution in [1.29, 1.82) is 0 Å². The van der Waals surface area contributed by atoms with E-state index < -0.39 is 0 Å². The number of aliphatic hydroxyl groups excluding tert-OH is 1. The van der Waals surface area contributed by atoms with Gasteiger partial charge in [-0.15, -0.1) is 0 Å². The Morgan fingerprint density at radius 3 is 2.69 bits per heavy atom. The number of hydrogen-bond acceptors (Lipinski definition) is 3. The summed E-state index contributed by atoms with van der Waals surface area (Å²) in [6, 6.07) is 4.68. The van der Waals surface area contributed by atoms with E-state index in [1.54, 1.807) is 6.07 Å². The van der Waals surface area contributed by atoms with Crippen molar-refractivity contribution in [2.24, 2.45) is 5.73 Å². The van der Waals surface area contributed by atoms with Crippen LogP contribution < -0.4 is 5.73 Å². The molecule has 0 saturated heterocycles. The van der Waals surface area contributed by atoms with Gasteiger partial charge in [-0.1, -0.05) is 6.07 Å². The Morgan fingerprint density at radius 1 is 1.44 bits per heavy atom. The molecule has 0 spiro atoms. The first-order chi connectivity index (χ1) is 7.58. The summed E-state index contributed by atoms with van der Waals surface area (Å²) in [6.07, 6.45) is 0. The van der Waals surface area contributed by atoms with Crippen LogP contribution in [-0.4, -0.2) is 29.7 Å². The predicted octanol–water partition coefficient (Wildman–Crippen LogP) is 1.10. The summed E-state index contributed by atoms with van der Waals surface area (Å²) in [7, 11) is 1.89. The Bertz CT molecular complexity index is 344. The second kappa shape index (κ2) is 5.94. The average Bonchev–Trinajstić information content (AvgIpc) is 2.28. The summed E-state index contributed by atoms with van der Waals surface area (Å²) in [5, 5.41) is 9.02. The molecule has 4 heteroatoms. The largest absolute Gasteiger partial charge is 0.395 e. The molecule has 0 heterocycles. The van der Waals surface area contributed by atoms with Crippen molar-refractivity contribution >= 4 is 0 Å². The summed E-state index contributed by atoms with van der Waals surface area (Å²) < 4.78 is 13.1. The van der Waals surface area contributed by atoms with Crippen LogP contribution in [0.4, 0.5) is 4.39 Å². The Kier molecular flexibility index (Phi) is 4.86. The number of hydrogen-bond donors (Lipinski definition) is 2. The summed E-state index contributed by atoms with van der Waals surface area (Å²) in [5.74, 6) is -0.253. The second-order valence-corrected chi connectivity index (χ2v) is 4.06. The maximum absolute atomic E-state index is 13.1. The van der Waals surface area contributed by atoms with Crippen LogP contribution in [0.1, 0.15) is 18.1 Å². The minimum absolute atomic E-state index is 0.0499. The van der Waals surface area contributed by atoms with Crippen LogP contribution in [0, 0.1) is 5.82 Å². The Morgan fingerprint density at radius 2 is 2.12 bits per heavy atom. The standard InChI is InChI=1S/C12H19FN2O/c1-9(8-16)15(2)7-11-5-12(13)4-3-10(11)6-14/h3-5,9,16H,6-8,14H2,1-2H3.